The third-order valence-corrected chi connectivity index (χ3v) is 3.01. The lowest BCUT2D eigenvalue weighted by Gasteiger charge is -2.23. The first kappa shape index (κ1) is 17.9. The second kappa shape index (κ2) is 8.94. The third kappa shape index (κ3) is 10.5. The van der Waals surface area contributed by atoms with E-state index < -0.39 is 11.9 Å². The average molecular weight is 271 g/mol. The van der Waals surface area contributed by atoms with Gasteiger partial charge in [0.25, 0.3) is 0 Å². The summed E-state index contributed by atoms with van der Waals surface area (Å²) >= 11 is 0. The van der Waals surface area contributed by atoms with Gasteiger partial charge < -0.3 is 10.4 Å². The molecule has 4 heteroatoms. The molecule has 0 aliphatic rings. The Morgan fingerprint density at radius 1 is 1.16 bits per heavy atom. The summed E-state index contributed by atoms with van der Waals surface area (Å²) in [6, 6.07) is 0. The Hall–Kier alpha value is -1.06. The highest BCUT2D eigenvalue weighted by molar-refractivity contribution is 5.77. The molecule has 19 heavy (non-hydrogen) atoms. The lowest BCUT2D eigenvalue weighted by molar-refractivity contribution is -0.142. The molecule has 4 nitrogen and oxygen atoms in total. The van der Waals surface area contributed by atoms with Crippen molar-refractivity contribution in [1.29, 1.82) is 0 Å². The van der Waals surface area contributed by atoms with Crippen LogP contribution < -0.4 is 5.32 Å². The Labute approximate surface area is 117 Å². The molecule has 0 bridgehead atoms. The molecule has 0 spiro atoms. The number of unbranched alkanes of at least 4 members (excludes halogenated alkanes) is 3. The minimum Gasteiger partial charge on any atom is -0.481 e. The van der Waals surface area contributed by atoms with Crippen molar-refractivity contribution >= 4 is 11.9 Å². The molecule has 0 saturated heterocycles. The van der Waals surface area contributed by atoms with Crippen LogP contribution in [0.1, 0.15) is 66.2 Å². The highest BCUT2D eigenvalue weighted by atomic mass is 16.4. The summed E-state index contributed by atoms with van der Waals surface area (Å²) in [7, 11) is 0. The van der Waals surface area contributed by atoms with Gasteiger partial charge in [-0.2, -0.15) is 0 Å². The number of rotatable bonds is 9. The summed E-state index contributed by atoms with van der Waals surface area (Å²) in [6.45, 7) is 8.39. The van der Waals surface area contributed by atoms with Gasteiger partial charge in [0.1, 0.15) is 0 Å². The SMILES string of the molecule is CCCCCCC(=O)NCC(CC(C)(C)C)C(=O)O. The molecule has 0 aromatic heterocycles. The van der Waals surface area contributed by atoms with Crippen molar-refractivity contribution in [2.45, 2.75) is 66.2 Å². The van der Waals surface area contributed by atoms with Crippen LogP contribution in [0.15, 0.2) is 0 Å². The van der Waals surface area contributed by atoms with Crippen LogP contribution in [0, 0.1) is 11.3 Å². The molecule has 0 heterocycles. The molecule has 1 unspecified atom stereocenters. The standard InChI is InChI=1S/C15H29NO3/c1-5-6-7-8-9-13(17)16-11-12(14(18)19)10-15(2,3)4/h12H,5-11H2,1-4H3,(H,16,17)(H,18,19). The van der Waals surface area contributed by atoms with Crippen molar-refractivity contribution in [3.63, 3.8) is 0 Å². The maximum absolute atomic E-state index is 11.6. The zero-order valence-electron chi connectivity index (χ0n) is 12.8. The Kier molecular flexibility index (Phi) is 8.44. The summed E-state index contributed by atoms with van der Waals surface area (Å²) in [5, 5.41) is 11.9. The van der Waals surface area contributed by atoms with Gasteiger partial charge in [-0.1, -0.05) is 47.0 Å². The fourth-order valence-corrected chi connectivity index (χ4v) is 2.02. The first-order valence-electron chi connectivity index (χ1n) is 7.25. The number of hydrogen-bond acceptors (Lipinski definition) is 2. The number of nitrogens with one attached hydrogen (secondary N) is 1. The van der Waals surface area contributed by atoms with Crippen LogP contribution in [-0.2, 0) is 9.59 Å². The third-order valence-electron chi connectivity index (χ3n) is 3.01. The molecule has 0 fully saturated rings. The highest BCUT2D eigenvalue weighted by Crippen LogP contribution is 2.24. The van der Waals surface area contributed by atoms with E-state index in [1.165, 1.54) is 0 Å². The summed E-state index contributed by atoms with van der Waals surface area (Å²) in [5.41, 5.74) is -0.0467. The number of amides is 1. The zero-order chi connectivity index (χ0) is 14.9. The van der Waals surface area contributed by atoms with E-state index in [0.717, 1.165) is 25.7 Å². The molecule has 0 saturated carbocycles. The normalized spacial score (nSPS) is 13.1. The summed E-state index contributed by atoms with van der Waals surface area (Å²) < 4.78 is 0. The van der Waals surface area contributed by atoms with Crippen LogP contribution in [0.5, 0.6) is 0 Å². The number of hydrogen-bond donors (Lipinski definition) is 2. The predicted molar refractivity (Wildman–Crippen MR) is 77.0 cm³/mol. The molecule has 0 rings (SSSR count). The molecule has 0 radical (unpaired) electrons. The van der Waals surface area contributed by atoms with Crippen LogP contribution in [0.4, 0.5) is 0 Å². The molecular weight excluding hydrogens is 242 g/mol. The van der Waals surface area contributed by atoms with E-state index >= 15 is 0 Å². The molecule has 112 valence electrons. The van der Waals surface area contributed by atoms with Gasteiger partial charge in [0.2, 0.25) is 5.91 Å². The van der Waals surface area contributed by atoms with Crippen molar-refractivity contribution in [2.75, 3.05) is 6.54 Å². The lowest BCUT2D eigenvalue weighted by atomic mass is 9.84. The number of carboxylic acid groups (broad SMARTS) is 1. The summed E-state index contributed by atoms with van der Waals surface area (Å²) in [6.07, 6.45) is 5.31. The molecule has 0 aromatic rings. The van der Waals surface area contributed by atoms with E-state index in [1.54, 1.807) is 0 Å². The Morgan fingerprint density at radius 3 is 2.26 bits per heavy atom. The lowest BCUT2D eigenvalue weighted by Crippen LogP contribution is -2.34. The van der Waals surface area contributed by atoms with Gasteiger partial charge in [-0.3, -0.25) is 9.59 Å². The predicted octanol–water partition coefficient (Wildman–Crippen LogP) is 3.21. The van der Waals surface area contributed by atoms with E-state index in [1.807, 2.05) is 20.8 Å². The Balaban J connectivity index is 3.98. The quantitative estimate of drug-likeness (QED) is 0.633. The molecule has 0 aliphatic heterocycles. The second-order valence-electron chi connectivity index (χ2n) is 6.41. The molecule has 0 aromatic carbocycles. The molecular formula is C15H29NO3. The highest BCUT2D eigenvalue weighted by Gasteiger charge is 2.24. The maximum Gasteiger partial charge on any atom is 0.308 e. The van der Waals surface area contributed by atoms with Crippen LogP contribution in [0.3, 0.4) is 0 Å². The second-order valence-corrected chi connectivity index (χ2v) is 6.41. The Morgan fingerprint density at radius 2 is 1.79 bits per heavy atom. The average Bonchev–Trinajstić information content (AvgIpc) is 2.28. The minimum atomic E-state index is -0.832. The smallest absolute Gasteiger partial charge is 0.308 e. The van der Waals surface area contributed by atoms with Crippen LogP contribution in [-0.4, -0.2) is 23.5 Å². The first-order chi connectivity index (χ1) is 8.76. The number of aliphatic carboxylic acids is 1. The van der Waals surface area contributed by atoms with Gasteiger partial charge in [-0.25, -0.2) is 0 Å². The van der Waals surface area contributed by atoms with Gasteiger partial charge in [0.05, 0.1) is 5.92 Å². The van der Waals surface area contributed by atoms with Crippen LogP contribution in [0.2, 0.25) is 0 Å². The number of carboxylic acids is 1. The van der Waals surface area contributed by atoms with Crippen LogP contribution >= 0.6 is 0 Å². The van der Waals surface area contributed by atoms with E-state index in [2.05, 4.69) is 12.2 Å². The summed E-state index contributed by atoms with van der Waals surface area (Å²) in [5.74, 6) is -1.36. The maximum atomic E-state index is 11.6. The van der Waals surface area contributed by atoms with Gasteiger partial charge in [-0.05, 0) is 18.3 Å². The largest absolute Gasteiger partial charge is 0.481 e. The van der Waals surface area contributed by atoms with Crippen molar-refractivity contribution < 1.29 is 14.7 Å². The van der Waals surface area contributed by atoms with E-state index in [0.29, 0.717) is 12.8 Å². The van der Waals surface area contributed by atoms with Gasteiger partial charge in [0, 0.05) is 13.0 Å². The van der Waals surface area contributed by atoms with Crippen molar-refractivity contribution in [3.05, 3.63) is 0 Å². The van der Waals surface area contributed by atoms with E-state index in [9.17, 15) is 9.59 Å². The fraction of sp³-hybridized carbons (Fsp3) is 0.867. The monoisotopic (exact) mass is 271 g/mol. The minimum absolute atomic E-state index is 0.0312. The van der Waals surface area contributed by atoms with Crippen molar-refractivity contribution in [2.24, 2.45) is 11.3 Å². The first-order valence-corrected chi connectivity index (χ1v) is 7.25. The van der Waals surface area contributed by atoms with Gasteiger partial charge >= 0.3 is 5.97 Å². The molecule has 1 atom stereocenters. The molecule has 2 N–H and O–H groups in total. The molecule has 0 aliphatic carbocycles. The van der Waals surface area contributed by atoms with Gasteiger partial charge in [-0.15, -0.1) is 0 Å². The number of carbonyl (C=O) groups excluding carboxylic acids is 1. The van der Waals surface area contributed by atoms with Gasteiger partial charge in [0.15, 0.2) is 0 Å². The zero-order valence-corrected chi connectivity index (χ0v) is 12.8. The van der Waals surface area contributed by atoms with Crippen LogP contribution in [0.25, 0.3) is 0 Å². The molecule has 1 amide bonds. The van der Waals surface area contributed by atoms with Crippen molar-refractivity contribution in [1.82, 2.24) is 5.32 Å². The van der Waals surface area contributed by atoms with E-state index in [-0.39, 0.29) is 17.9 Å². The summed E-state index contributed by atoms with van der Waals surface area (Å²) in [4.78, 5) is 22.7. The fourth-order valence-electron chi connectivity index (χ4n) is 2.02. The van der Waals surface area contributed by atoms with E-state index in [4.69, 9.17) is 5.11 Å². The van der Waals surface area contributed by atoms with Crippen molar-refractivity contribution in [3.8, 4) is 0 Å². The topological polar surface area (TPSA) is 66.4 Å². The number of carbonyl (C=O) groups is 2. The Bertz CT molecular complexity index is 282.